The van der Waals surface area contributed by atoms with E-state index in [2.05, 4.69) is 0 Å². The van der Waals surface area contributed by atoms with Gasteiger partial charge in [0.15, 0.2) is 0 Å². The van der Waals surface area contributed by atoms with Crippen LogP contribution in [0.2, 0.25) is 0 Å². The number of benzene rings is 2. The number of ether oxygens (including phenoxy) is 2. The predicted molar refractivity (Wildman–Crippen MR) is 93.3 cm³/mol. The molecule has 0 saturated carbocycles. The van der Waals surface area contributed by atoms with Crippen molar-refractivity contribution in [2.24, 2.45) is 0 Å². The normalized spacial score (nSPS) is 16.2. The summed E-state index contributed by atoms with van der Waals surface area (Å²) in [6.07, 6.45) is -6.39. The van der Waals surface area contributed by atoms with Gasteiger partial charge >= 0.3 is 12.1 Å². The van der Waals surface area contributed by atoms with Crippen LogP contribution in [0.1, 0.15) is 22.3 Å². The molecule has 142 valence electrons. The summed E-state index contributed by atoms with van der Waals surface area (Å²) in [6, 6.07) is 8.20. The molecule has 1 atom stereocenters. The third-order valence-corrected chi connectivity index (χ3v) is 4.36. The lowest BCUT2D eigenvalue weighted by Gasteiger charge is -2.27. The average Bonchev–Trinajstić information content (AvgIpc) is 2.57. The third-order valence-electron chi connectivity index (χ3n) is 4.36. The van der Waals surface area contributed by atoms with Crippen LogP contribution in [-0.2, 0) is 4.79 Å². The lowest BCUT2D eigenvalue weighted by Crippen LogP contribution is -2.40. The summed E-state index contributed by atoms with van der Waals surface area (Å²) >= 11 is 0. The Hall–Kier alpha value is -2.96. The fraction of sp³-hybridized carbons (Fsp3) is 0.250. The molecule has 7 heteroatoms. The maximum Gasteiger partial charge on any atom is 0.430 e. The number of fused-ring (bicyclic) bond motifs is 1. The highest BCUT2D eigenvalue weighted by Gasteiger charge is 2.48. The number of aryl methyl sites for hydroxylation is 2. The van der Waals surface area contributed by atoms with Crippen LogP contribution in [0.4, 0.5) is 13.2 Å². The Balaban J connectivity index is 1.98. The maximum atomic E-state index is 13.2. The fourth-order valence-electron chi connectivity index (χ4n) is 2.88. The topological polar surface area (TPSA) is 55.8 Å². The fourth-order valence-corrected chi connectivity index (χ4v) is 2.88. The van der Waals surface area contributed by atoms with E-state index in [4.69, 9.17) is 14.6 Å². The number of aliphatic carboxylic acids is 1. The van der Waals surface area contributed by atoms with Gasteiger partial charge in [0, 0.05) is 11.6 Å². The van der Waals surface area contributed by atoms with Crippen molar-refractivity contribution < 1.29 is 32.5 Å². The second-order valence-electron chi connectivity index (χ2n) is 6.45. The molecular weight excluding hydrogens is 361 g/mol. The molecule has 27 heavy (non-hydrogen) atoms. The second-order valence-corrected chi connectivity index (χ2v) is 6.45. The van der Waals surface area contributed by atoms with Crippen LogP contribution in [0.3, 0.4) is 0 Å². The van der Waals surface area contributed by atoms with E-state index in [1.807, 2.05) is 32.9 Å². The highest BCUT2D eigenvalue weighted by Crippen LogP contribution is 2.40. The van der Waals surface area contributed by atoms with Gasteiger partial charge in [0.2, 0.25) is 6.10 Å². The summed E-state index contributed by atoms with van der Waals surface area (Å²) in [5.41, 5.74) is 2.34. The van der Waals surface area contributed by atoms with Crippen molar-refractivity contribution >= 4 is 12.0 Å². The molecule has 0 amide bonds. The number of carboxylic acids is 1. The average molecular weight is 378 g/mol. The minimum Gasteiger partial charge on any atom is -0.478 e. The van der Waals surface area contributed by atoms with E-state index < -0.39 is 23.8 Å². The summed E-state index contributed by atoms with van der Waals surface area (Å²) in [7, 11) is 0. The first kappa shape index (κ1) is 18.8. The van der Waals surface area contributed by atoms with Gasteiger partial charge in [-0.1, -0.05) is 6.07 Å². The second kappa shape index (κ2) is 6.64. The first-order valence-electron chi connectivity index (χ1n) is 8.14. The van der Waals surface area contributed by atoms with Gasteiger partial charge in [0.05, 0.1) is 5.57 Å². The Morgan fingerprint density at radius 1 is 1.15 bits per heavy atom. The van der Waals surface area contributed by atoms with E-state index in [1.165, 1.54) is 12.1 Å². The minimum atomic E-state index is -4.84. The molecule has 1 N–H and O–H groups in total. The smallest absolute Gasteiger partial charge is 0.430 e. The van der Waals surface area contributed by atoms with Crippen molar-refractivity contribution in [1.82, 2.24) is 0 Å². The number of halogens is 3. The zero-order chi connectivity index (χ0) is 19.9. The molecule has 0 bridgehead atoms. The standard InChI is InChI=1S/C20H17F3O4/c1-10-6-11(2)12(3)16(7-10)26-14-5-4-13-8-15(19(24)25)18(20(21,22)23)27-17(13)9-14/h4-9,18H,1-3H3,(H,24,25)/t18-/m0/s1. The van der Waals surface area contributed by atoms with E-state index >= 15 is 0 Å². The van der Waals surface area contributed by atoms with Crippen LogP contribution >= 0.6 is 0 Å². The van der Waals surface area contributed by atoms with Crippen molar-refractivity contribution in [2.45, 2.75) is 33.1 Å². The highest BCUT2D eigenvalue weighted by atomic mass is 19.4. The van der Waals surface area contributed by atoms with Crippen molar-refractivity contribution in [3.8, 4) is 17.2 Å². The summed E-state index contributed by atoms with van der Waals surface area (Å²) in [4.78, 5) is 11.2. The molecule has 0 fully saturated rings. The number of hydrogen-bond donors (Lipinski definition) is 1. The zero-order valence-corrected chi connectivity index (χ0v) is 14.8. The van der Waals surface area contributed by atoms with E-state index in [0.29, 0.717) is 11.5 Å². The Morgan fingerprint density at radius 2 is 1.85 bits per heavy atom. The van der Waals surface area contributed by atoms with Crippen LogP contribution in [0.25, 0.3) is 6.08 Å². The Labute approximate surface area is 153 Å². The van der Waals surface area contributed by atoms with Gasteiger partial charge in [-0.15, -0.1) is 0 Å². The lowest BCUT2D eigenvalue weighted by atomic mass is 10.0. The quantitative estimate of drug-likeness (QED) is 0.798. The maximum absolute atomic E-state index is 13.2. The molecule has 4 nitrogen and oxygen atoms in total. The van der Waals surface area contributed by atoms with E-state index in [0.717, 1.165) is 22.8 Å². The number of rotatable bonds is 3. The van der Waals surface area contributed by atoms with Crippen LogP contribution in [0.5, 0.6) is 17.2 Å². The van der Waals surface area contributed by atoms with E-state index in [-0.39, 0.29) is 11.3 Å². The molecule has 0 radical (unpaired) electrons. The molecule has 0 aliphatic carbocycles. The lowest BCUT2D eigenvalue weighted by molar-refractivity contribution is -0.187. The molecule has 0 aromatic heterocycles. The number of carboxylic acid groups (broad SMARTS) is 1. The van der Waals surface area contributed by atoms with Gasteiger partial charge in [-0.2, -0.15) is 13.2 Å². The van der Waals surface area contributed by atoms with Gasteiger partial charge in [0.25, 0.3) is 0 Å². The third kappa shape index (κ3) is 3.77. The van der Waals surface area contributed by atoms with E-state index in [1.54, 1.807) is 6.07 Å². The molecule has 0 saturated heterocycles. The van der Waals surface area contributed by atoms with Crippen LogP contribution in [0.15, 0.2) is 35.9 Å². The van der Waals surface area contributed by atoms with Crippen molar-refractivity contribution in [3.63, 3.8) is 0 Å². The van der Waals surface area contributed by atoms with Crippen molar-refractivity contribution in [3.05, 3.63) is 58.2 Å². The molecule has 3 rings (SSSR count). The van der Waals surface area contributed by atoms with Crippen molar-refractivity contribution in [1.29, 1.82) is 0 Å². The van der Waals surface area contributed by atoms with Gasteiger partial charge in [0.1, 0.15) is 17.2 Å². The SMILES string of the molecule is Cc1cc(C)c(C)c(Oc2ccc3c(c2)O[C@H](C(F)(F)F)C(C(=O)O)=C3)c1. The summed E-state index contributed by atoms with van der Waals surface area (Å²) in [6.45, 7) is 5.75. The van der Waals surface area contributed by atoms with Crippen LogP contribution < -0.4 is 9.47 Å². The van der Waals surface area contributed by atoms with E-state index in [9.17, 15) is 18.0 Å². The van der Waals surface area contributed by atoms with Gasteiger partial charge in [-0.3, -0.25) is 0 Å². The minimum absolute atomic E-state index is 0.0816. The first-order chi connectivity index (χ1) is 12.6. The molecule has 1 aliphatic rings. The largest absolute Gasteiger partial charge is 0.478 e. The molecule has 2 aromatic rings. The first-order valence-corrected chi connectivity index (χ1v) is 8.14. The molecular formula is C20H17F3O4. The predicted octanol–water partition coefficient (Wildman–Crippen LogP) is 5.20. The van der Waals surface area contributed by atoms with Gasteiger partial charge in [-0.05, 0) is 61.7 Å². The summed E-state index contributed by atoms with van der Waals surface area (Å²) in [5, 5.41) is 9.06. The number of hydrogen-bond acceptors (Lipinski definition) is 3. The summed E-state index contributed by atoms with van der Waals surface area (Å²) < 4.78 is 50.3. The molecule has 0 unspecified atom stereocenters. The van der Waals surface area contributed by atoms with Crippen LogP contribution in [0, 0.1) is 20.8 Å². The number of alkyl halides is 3. The Morgan fingerprint density at radius 3 is 2.48 bits per heavy atom. The van der Waals surface area contributed by atoms with Crippen molar-refractivity contribution in [2.75, 3.05) is 0 Å². The monoisotopic (exact) mass is 378 g/mol. The highest BCUT2D eigenvalue weighted by molar-refractivity contribution is 5.95. The van der Waals surface area contributed by atoms with Gasteiger partial charge in [-0.25, -0.2) is 4.79 Å². The summed E-state index contributed by atoms with van der Waals surface area (Å²) in [5.74, 6) is -0.858. The molecule has 2 aromatic carbocycles. The number of carbonyl (C=O) groups is 1. The van der Waals surface area contributed by atoms with Crippen LogP contribution in [-0.4, -0.2) is 23.4 Å². The molecule has 0 spiro atoms. The zero-order valence-electron chi connectivity index (χ0n) is 14.8. The Kier molecular flexibility index (Phi) is 4.63. The molecule has 1 aliphatic heterocycles. The molecule has 1 heterocycles. The Bertz CT molecular complexity index is 945. The van der Waals surface area contributed by atoms with Gasteiger partial charge < -0.3 is 14.6 Å².